The average molecular weight is 379 g/mol. The van der Waals surface area contributed by atoms with Crippen molar-refractivity contribution in [2.45, 2.75) is 24.7 Å². The molecule has 2 aliphatic heterocycles. The van der Waals surface area contributed by atoms with Crippen LogP contribution in [0.4, 0.5) is 5.69 Å². The lowest BCUT2D eigenvalue weighted by Crippen LogP contribution is -2.51. The van der Waals surface area contributed by atoms with E-state index in [1.165, 1.54) is 10.4 Å². The van der Waals surface area contributed by atoms with E-state index in [1.807, 2.05) is 0 Å². The number of ether oxygens (including phenoxy) is 1. The van der Waals surface area contributed by atoms with E-state index in [2.05, 4.69) is 5.32 Å². The van der Waals surface area contributed by atoms with E-state index < -0.39 is 10.0 Å². The summed E-state index contributed by atoms with van der Waals surface area (Å²) in [5.74, 6) is 0.393. The molecule has 0 unspecified atom stereocenters. The Hall–Kier alpha value is -2.13. The fourth-order valence-electron chi connectivity index (χ4n) is 3.37. The fourth-order valence-corrected chi connectivity index (χ4v) is 5.01. The van der Waals surface area contributed by atoms with E-state index in [0.29, 0.717) is 30.1 Å². The third kappa shape index (κ3) is 3.05. The van der Waals surface area contributed by atoms with Crippen molar-refractivity contribution >= 4 is 27.5 Å². The van der Waals surface area contributed by atoms with E-state index in [1.54, 1.807) is 17.9 Å². The van der Waals surface area contributed by atoms with Gasteiger partial charge >= 0.3 is 0 Å². The number of rotatable bonds is 3. The summed E-state index contributed by atoms with van der Waals surface area (Å²) in [6.07, 6.45) is 1.89. The first kappa shape index (κ1) is 17.3. The number of aryl methyl sites for hydroxylation is 1. The van der Waals surface area contributed by atoms with Crippen molar-refractivity contribution in [2.24, 2.45) is 5.92 Å². The smallest absolute Gasteiger partial charge is 0.262 e. The minimum absolute atomic E-state index is 0.127. The van der Waals surface area contributed by atoms with Crippen molar-refractivity contribution in [1.82, 2.24) is 9.21 Å². The number of hydrogen-bond acceptors (Lipinski definition) is 5. The largest absolute Gasteiger partial charge is 0.482 e. The van der Waals surface area contributed by atoms with Crippen LogP contribution in [0.3, 0.4) is 0 Å². The number of hydrogen-bond donors (Lipinski definition) is 1. The first-order chi connectivity index (χ1) is 12.4. The molecule has 0 spiro atoms. The highest BCUT2D eigenvalue weighted by atomic mass is 32.2. The highest BCUT2D eigenvalue weighted by molar-refractivity contribution is 7.89. The molecule has 0 radical (unpaired) electrons. The van der Waals surface area contributed by atoms with Crippen molar-refractivity contribution < 1.29 is 22.7 Å². The van der Waals surface area contributed by atoms with Crippen LogP contribution >= 0.6 is 0 Å². The summed E-state index contributed by atoms with van der Waals surface area (Å²) in [5.41, 5.74) is 1.03. The zero-order valence-electron chi connectivity index (χ0n) is 14.5. The third-order valence-corrected chi connectivity index (χ3v) is 7.05. The molecule has 0 bridgehead atoms. The molecular weight excluding hydrogens is 358 g/mol. The van der Waals surface area contributed by atoms with Gasteiger partial charge in [-0.2, -0.15) is 4.31 Å². The number of carbonyl (C=O) groups excluding carboxylic acids is 2. The molecule has 0 aromatic heterocycles. The number of sulfonamides is 1. The summed E-state index contributed by atoms with van der Waals surface area (Å²) in [6, 6.07) is 3.09. The minimum atomic E-state index is -3.69. The number of nitrogens with one attached hydrogen (secondary N) is 1. The summed E-state index contributed by atoms with van der Waals surface area (Å²) < 4.78 is 32.9. The number of piperazine rings is 1. The van der Waals surface area contributed by atoms with Crippen LogP contribution in [0.1, 0.15) is 18.4 Å². The molecule has 0 atom stereocenters. The zero-order chi connectivity index (χ0) is 18.5. The van der Waals surface area contributed by atoms with Crippen LogP contribution in [0, 0.1) is 12.8 Å². The molecule has 8 nitrogen and oxygen atoms in total. The van der Waals surface area contributed by atoms with E-state index in [4.69, 9.17) is 4.74 Å². The third-order valence-electron chi connectivity index (χ3n) is 5.00. The summed E-state index contributed by atoms with van der Waals surface area (Å²) in [7, 11) is -3.69. The number of benzene rings is 1. The second-order valence-electron chi connectivity index (χ2n) is 6.95. The topological polar surface area (TPSA) is 96.0 Å². The second kappa shape index (κ2) is 6.24. The number of amides is 2. The number of nitrogens with zero attached hydrogens (tertiary/aromatic N) is 2. The zero-order valence-corrected chi connectivity index (χ0v) is 15.3. The van der Waals surface area contributed by atoms with Crippen molar-refractivity contribution in [2.75, 3.05) is 38.1 Å². The lowest BCUT2D eigenvalue weighted by molar-refractivity contribution is -0.133. The van der Waals surface area contributed by atoms with E-state index in [0.717, 1.165) is 12.8 Å². The maximum absolute atomic E-state index is 13.1. The van der Waals surface area contributed by atoms with Crippen molar-refractivity contribution in [3.63, 3.8) is 0 Å². The molecule has 2 fully saturated rings. The Balaban J connectivity index is 1.54. The normalized spacial score (nSPS) is 21.0. The summed E-state index contributed by atoms with van der Waals surface area (Å²) in [5, 5.41) is 2.68. The molecular formula is C17H21N3O5S. The average Bonchev–Trinajstić information content (AvgIpc) is 3.45. The van der Waals surface area contributed by atoms with Crippen molar-refractivity contribution in [3.05, 3.63) is 17.7 Å². The molecule has 1 aromatic rings. The Morgan fingerprint density at radius 3 is 2.54 bits per heavy atom. The summed E-state index contributed by atoms with van der Waals surface area (Å²) >= 11 is 0. The van der Waals surface area contributed by atoms with Gasteiger partial charge in [-0.1, -0.05) is 0 Å². The maximum atomic E-state index is 13.1. The Morgan fingerprint density at radius 1 is 1.19 bits per heavy atom. The lowest BCUT2D eigenvalue weighted by atomic mass is 10.2. The Bertz CT molecular complexity index is 871. The van der Waals surface area contributed by atoms with Gasteiger partial charge in [0.2, 0.25) is 15.9 Å². The highest BCUT2D eigenvalue weighted by Crippen LogP contribution is 2.35. The monoisotopic (exact) mass is 379 g/mol. The highest BCUT2D eigenvalue weighted by Gasteiger charge is 2.37. The van der Waals surface area contributed by atoms with Gasteiger partial charge in [-0.25, -0.2) is 8.42 Å². The summed E-state index contributed by atoms with van der Waals surface area (Å²) in [4.78, 5) is 25.5. The molecule has 26 heavy (non-hydrogen) atoms. The van der Waals surface area contributed by atoms with E-state index >= 15 is 0 Å². The van der Waals surface area contributed by atoms with Gasteiger partial charge in [-0.3, -0.25) is 9.59 Å². The molecule has 1 aliphatic carbocycles. The Labute approximate surface area is 152 Å². The lowest BCUT2D eigenvalue weighted by Gasteiger charge is -2.34. The molecule has 1 N–H and O–H groups in total. The van der Waals surface area contributed by atoms with Gasteiger partial charge < -0.3 is 15.0 Å². The molecule has 4 rings (SSSR count). The number of anilines is 1. The second-order valence-corrected chi connectivity index (χ2v) is 8.86. The summed E-state index contributed by atoms with van der Waals surface area (Å²) in [6.45, 7) is 2.98. The van der Waals surface area contributed by atoms with Crippen LogP contribution in [-0.2, 0) is 19.6 Å². The maximum Gasteiger partial charge on any atom is 0.262 e. The van der Waals surface area contributed by atoms with Crippen molar-refractivity contribution in [1.29, 1.82) is 0 Å². The first-order valence-electron chi connectivity index (χ1n) is 8.72. The molecule has 140 valence electrons. The van der Waals surface area contributed by atoms with Gasteiger partial charge in [-0.05, 0) is 31.4 Å². The van der Waals surface area contributed by atoms with Gasteiger partial charge in [0.05, 0.1) is 10.6 Å². The molecule has 1 saturated heterocycles. The van der Waals surface area contributed by atoms with Gasteiger partial charge in [0.15, 0.2) is 6.61 Å². The van der Waals surface area contributed by atoms with Crippen LogP contribution < -0.4 is 10.1 Å². The molecule has 9 heteroatoms. The predicted octanol–water partition coefficient (Wildman–Crippen LogP) is 0.569. The minimum Gasteiger partial charge on any atom is -0.482 e. The first-order valence-corrected chi connectivity index (χ1v) is 10.2. The Morgan fingerprint density at radius 2 is 1.88 bits per heavy atom. The van der Waals surface area contributed by atoms with Crippen LogP contribution in [0.5, 0.6) is 5.75 Å². The molecule has 3 aliphatic rings. The predicted molar refractivity (Wildman–Crippen MR) is 93.4 cm³/mol. The number of fused-ring (bicyclic) bond motifs is 1. The van der Waals surface area contributed by atoms with Gasteiger partial charge in [0.25, 0.3) is 5.91 Å². The van der Waals surface area contributed by atoms with Crippen molar-refractivity contribution in [3.8, 4) is 5.75 Å². The number of carbonyl (C=O) groups is 2. The van der Waals surface area contributed by atoms with E-state index in [9.17, 15) is 18.0 Å². The SMILES string of the molecule is Cc1cc2c(cc1S(=O)(=O)N1CCN(C(=O)C3CC3)CC1)OCC(=O)N2. The quantitative estimate of drug-likeness (QED) is 0.828. The molecule has 1 saturated carbocycles. The molecule has 2 amide bonds. The van der Waals surface area contributed by atoms with Crippen LogP contribution in [-0.4, -0.2) is 62.2 Å². The fraction of sp³-hybridized carbons (Fsp3) is 0.529. The van der Waals surface area contributed by atoms with Gasteiger partial charge in [0.1, 0.15) is 5.75 Å². The standard InChI is InChI=1S/C17H21N3O5S/c1-11-8-13-14(25-10-16(21)18-13)9-15(11)26(23,24)20-6-4-19(5-7-20)17(22)12-2-3-12/h8-9,12H,2-7,10H2,1H3,(H,18,21). The van der Waals surface area contributed by atoms with E-state index in [-0.39, 0.29) is 42.3 Å². The molecule has 1 aromatic carbocycles. The Kier molecular flexibility index (Phi) is 4.15. The molecule has 2 heterocycles. The van der Waals surface area contributed by atoms with Crippen LogP contribution in [0.25, 0.3) is 0 Å². The van der Waals surface area contributed by atoms with Gasteiger partial charge in [-0.15, -0.1) is 0 Å². The van der Waals surface area contributed by atoms with Crippen LogP contribution in [0.2, 0.25) is 0 Å². The van der Waals surface area contributed by atoms with Gasteiger partial charge in [0, 0.05) is 38.2 Å². The van der Waals surface area contributed by atoms with Crippen LogP contribution in [0.15, 0.2) is 17.0 Å².